The molecule has 4 rings (SSSR count). The van der Waals surface area contributed by atoms with Crippen LogP contribution in [0.4, 0.5) is 11.6 Å². The molecule has 1 aromatic carbocycles. The molecule has 0 amide bonds. The van der Waals surface area contributed by atoms with E-state index in [0.717, 1.165) is 35.3 Å². The lowest BCUT2D eigenvalue weighted by Gasteiger charge is -2.17. The third-order valence-electron chi connectivity index (χ3n) is 5.29. The average Bonchev–Trinajstić information content (AvgIpc) is 3.66. The highest BCUT2D eigenvalue weighted by molar-refractivity contribution is 5.67. The Hall–Kier alpha value is -3.27. The summed E-state index contributed by atoms with van der Waals surface area (Å²) >= 11 is 0. The summed E-state index contributed by atoms with van der Waals surface area (Å²) in [6, 6.07) is 11.9. The van der Waals surface area contributed by atoms with E-state index in [1.54, 1.807) is 13.2 Å². The fraction of sp³-hybridized carbons (Fsp3) is 0.375. The number of aliphatic hydroxyl groups is 1. The first-order valence-corrected chi connectivity index (χ1v) is 11.2. The second-order valence-electron chi connectivity index (χ2n) is 8.11. The minimum absolute atomic E-state index is 0.198. The van der Waals surface area contributed by atoms with Crippen molar-refractivity contribution in [2.24, 2.45) is 5.73 Å². The first kappa shape index (κ1) is 22.9. The maximum Gasteiger partial charge on any atom is 0.164 e. The lowest BCUT2D eigenvalue weighted by atomic mass is 10.1. The van der Waals surface area contributed by atoms with Gasteiger partial charge in [0.15, 0.2) is 5.82 Å². The van der Waals surface area contributed by atoms with Crippen LogP contribution in [0.2, 0.25) is 0 Å². The van der Waals surface area contributed by atoms with E-state index >= 15 is 0 Å². The fourth-order valence-electron chi connectivity index (χ4n) is 3.39. The van der Waals surface area contributed by atoms with Crippen molar-refractivity contribution in [2.45, 2.75) is 38.1 Å². The van der Waals surface area contributed by atoms with Gasteiger partial charge in [-0.3, -0.25) is 4.98 Å². The molecule has 0 radical (unpaired) electrons. The van der Waals surface area contributed by atoms with Gasteiger partial charge < -0.3 is 31.5 Å². The Morgan fingerprint density at radius 3 is 2.76 bits per heavy atom. The minimum atomic E-state index is -0.587. The molecule has 9 heteroatoms. The van der Waals surface area contributed by atoms with Crippen LogP contribution in [-0.4, -0.2) is 52.4 Å². The summed E-state index contributed by atoms with van der Waals surface area (Å²) in [5.74, 6) is 2.68. The SMILES string of the molecule is CNCC(O)COc1cccc(-c2nc(NCc3cccnc3)c(CN)c(NC3CC3)n2)c1. The van der Waals surface area contributed by atoms with Crippen LogP contribution in [0, 0.1) is 0 Å². The molecular weight excluding hydrogens is 418 g/mol. The van der Waals surface area contributed by atoms with Gasteiger partial charge in [-0.25, -0.2) is 9.97 Å². The Morgan fingerprint density at radius 2 is 2.03 bits per heavy atom. The predicted molar refractivity (Wildman–Crippen MR) is 129 cm³/mol. The highest BCUT2D eigenvalue weighted by atomic mass is 16.5. The number of pyridine rings is 1. The van der Waals surface area contributed by atoms with E-state index in [2.05, 4.69) is 20.9 Å². The summed E-state index contributed by atoms with van der Waals surface area (Å²) in [5.41, 5.74) is 8.83. The number of rotatable bonds is 12. The summed E-state index contributed by atoms with van der Waals surface area (Å²) in [6.45, 7) is 1.55. The van der Waals surface area contributed by atoms with Crippen LogP contribution in [0.25, 0.3) is 11.4 Å². The van der Waals surface area contributed by atoms with E-state index in [1.807, 2.05) is 42.6 Å². The van der Waals surface area contributed by atoms with Gasteiger partial charge in [-0.15, -0.1) is 0 Å². The molecule has 1 atom stereocenters. The number of aliphatic hydroxyl groups excluding tert-OH is 1. The largest absolute Gasteiger partial charge is 0.491 e. The molecule has 33 heavy (non-hydrogen) atoms. The van der Waals surface area contributed by atoms with Crippen LogP contribution in [0.15, 0.2) is 48.8 Å². The predicted octanol–water partition coefficient (Wildman–Crippen LogP) is 2.14. The molecule has 174 valence electrons. The Bertz CT molecular complexity index is 1040. The number of nitrogens with one attached hydrogen (secondary N) is 3. The zero-order valence-electron chi connectivity index (χ0n) is 18.8. The van der Waals surface area contributed by atoms with Gasteiger partial charge in [-0.05, 0) is 43.7 Å². The summed E-state index contributed by atoms with van der Waals surface area (Å²) in [7, 11) is 1.79. The number of hydrogen-bond donors (Lipinski definition) is 5. The molecule has 1 aliphatic carbocycles. The van der Waals surface area contributed by atoms with Crippen molar-refractivity contribution in [1.82, 2.24) is 20.3 Å². The number of nitrogens with zero attached hydrogens (tertiary/aromatic N) is 3. The number of hydrogen-bond acceptors (Lipinski definition) is 9. The number of nitrogens with two attached hydrogens (primary N) is 1. The van der Waals surface area contributed by atoms with Gasteiger partial charge in [0.2, 0.25) is 0 Å². The first-order chi connectivity index (χ1) is 16.2. The third kappa shape index (κ3) is 6.38. The average molecular weight is 450 g/mol. The van der Waals surface area contributed by atoms with E-state index in [9.17, 15) is 5.11 Å². The number of aromatic nitrogens is 3. The van der Waals surface area contributed by atoms with Crippen molar-refractivity contribution in [3.05, 3.63) is 59.9 Å². The van der Waals surface area contributed by atoms with Gasteiger partial charge >= 0.3 is 0 Å². The standard InChI is InChI=1S/C24H31N7O2/c1-26-14-19(32)15-33-20-6-2-5-17(10-20)22-30-23(28-13-16-4-3-9-27-12-16)21(11-25)24(31-22)29-18-7-8-18/h2-6,9-10,12,18-19,26,32H,7-8,11,13-15,25H2,1H3,(H2,28,29,30,31). The molecular formula is C24H31N7O2. The molecule has 6 N–H and O–H groups in total. The van der Waals surface area contributed by atoms with E-state index in [1.165, 1.54) is 0 Å². The van der Waals surface area contributed by atoms with Crippen molar-refractivity contribution in [1.29, 1.82) is 0 Å². The number of likely N-dealkylation sites (N-methyl/N-ethyl adjacent to an activating group) is 1. The van der Waals surface area contributed by atoms with Crippen molar-refractivity contribution in [3.8, 4) is 17.1 Å². The topological polar surface area (TPSA) is 130 Å². The summed E-state index contributed by atoms with van der Waals surface area (Å²) < 4.78 is 5.76. The molecule has 2 heterocycles. The Balaban J connectivity index is 1.61. The molecule has 0 bridgehead atoms. The summed E-state index contributed by atoms with van der Waals surface area (Å²) in [4.78, 5) is 13.8. The van der Waals surface area contributed by atoms with Crippen LogP contribution in [0.5, 0.6) is 5.75 Å². The van der Waals surface area contributed by atoms with E-state index in [-0.39, 0.29) is 6.61 Å². The Morgan fingerprint density at radius 1 is 1.18 bits per heavy atom. The molecule has 0 aliphatic heterocycles. The highest BCUT2D eigenvalue weighted by Gasteiger charge is 2.24. The quantitative estimate of drug-likeness (QED) is 0.282. The lowest BCUT2D eigenvalue weighted by molar-refractivity contribution is 0.108. The van der Waals surface area contributed by atoms with Crippen molar-refractivity contribution < 1.29 is 9.84 Å². The maximum atomic E-state index is 9.93. The van der Waals surface area contributed by atoms with Gasteiger partial charge in [-0.2, -0.15) is 0 Å². The Labute approximate surface area is 193 Å². The maximum absolute atomic E-state index is 9.93. The molecule has 1 aliphatic rings. The minimum Gasteiger partial charge on any atom is -0.491 e. The van der Waals surface area contributed by atoms with Crippen LogP contribution in [0.1, 0.15) is 24.0 Å². The molecule has 2 aromatic heterocycles. The normalized spacial score (nSPS) is 14.0. The van der Waals surface area contributed by atoms with Crippen molar-refractivity contribution in [2.75, 3.05) is 30.8 Å². The molecule has 3 aromatic rings. The van der Waals surface area contributed by atoms with Crippen LogP contribution < -0.4 is 26.4 Å². The Kier molecular flexibility index (Phi) is 7.66. The summed E-state index contributed by atoms with van der Waals surface area (Å²) in [6.07, 6.45) is 5.24. The monoisotopic (exact) mass is 449 g/mol. The molecule has 0 saturated heterocycles. The first-order valence-electron chi connectivity index (χ1n) is 11.2. The highest BCUT2D eigenvalue weighted by Crippen LogP contribution is 2.31. The van der Waals surface area contributed by atoms with E-state index in [0.29, 0.717) is 43.1 Å². The molecule has 9 nitrogen and oxygen atoms in total. The van der Waals surface area contributed by atoms with Gasteiger partial charge in [-0.1, -0.05) is 18.2 Å². The third-order valence-corrected chi connectivity index (χ3v) is 5.29. The van der Waals surface area contributed by atoms with Gasteiger partial charge in [0.05, 0.1) is 5.56 Å². The fourth-order valence-corrected chi connectivity index (χ4v) is 3.39. The van der Waals surface area contributed by atoms with Crippen LogP contribution >= 0.6 is 0 Å². The zero-order chi connectivity index (χ0) is 23.0. The second-order valence-corrected chi connectivity index (χ2v) is 8.11. The van der Waals surface area contributed by atoms with Crippen molar-refractivity contribution >= 4 is 11.6 Å². The van der Waals surface area contributed by atoms with Gasteiger partial charge in [0, 0.05) is 43.6 Å². The second kappa shape index (κ2) is 11.0. The molecule has 1 unspecified atom stereocenters. The van der Waals surface area contributed by atoms with Crippen LogP contribution in [-0.2, 0) is 13.1 Å². The van der Waals surface area contributed by atoms with Crippen molar-refractivity contribution in [3.63, 3.8) is 0 Å². The molecule has 1 fully saturated rings. The molecule has 0 spiro atoms. The lowest BCUT2D eigenvalue weighted by Crippen LogP contribution is -2.29. The number of ether oxygens (including phenoxy) is 1. The number of anilines is 2. The van der Waals surface area contributed by atoms with Gasteiger partial charge in [0.1, 0.15) is 30.1 Å². The van der Waals surface area contributed by atoms with E-state index < -0.39 is 6.10 Å². The zero-order valence-corrected chi connectivity index (χ0v) is 18.8. The van der Waals surface area contributed by atoms with Crippen LogP contribution in [0.3, 0.4) is 0 Å². The van der Waals surface area contributed by atoms with Gasteiger partial charge in [0.25, 0.3) is 0 Å². The smallest absolute Gasteiger partial charge is 0.164 e. The van der Waals surface area contributed by atoms with E-state index in [4.69, 9.17) is 20.4 Å². The number of benzene rings is 1. The summed E-state index contributed by atoms with van der Waals surface area (Å²) in [5, 5.41) is 19.8. The molecule has 1 saturated carbocycles.